The van der Waals surface area contributed by atoms with E-state index in [0.717, 1.165) is 0 Å². The first-order valence-corrected chi connectivity index (χ1v) is 6.42. The van der Waals surface area contributed by atoms with Gasteiger partial charge in [-0.25, -0.2) is 0 Å². The van der Waals surface area contributed by atoms with Crippen LogP contribution in [0.2, 0.25) is 0 Å². The number of para-hydroxylation sites is 1. The standard InChI is InChI=1S/C16H15NO4/c18-14-7-2-1-5-12(14)10-15(19)17-13-6-3-4-11(8-13)9-16(20)21/h1-8,18H,9-10H2,(H,17,19)(H,20,21). The number of benzene rings is 2. The highest BCUT2D eigenvalue weighted by Gasteiger charge is 2.08. The van der Waals surface area contributed by atoms with Gasteiger partial charge in [-0.3, -0.25) is 9.59 Å². The second kappa shape index (κ2) is 6.56. The molecular weight excluding hydrogens is 270 g/mol. The summed E-state index contributed by atoms with van der Waals surface area (Å²) in [5.41, 5.74) is 1.69. The molecule has 3 N–H and O–H groups in total. The summed E-state index contributed by atoms with van der Waals surface area (Å²) >= 11 is 0. The van der Waals surface area contributed by atoms with Gasteiger partial charge in [0.15, 0.2) is 0 Å². The number of aromatic hydroxyl groups is 1. The number of carboxylic acid groups (broad SMARTS) is 1. The summed E-state index contributed by atoms with van der Waals surface area (Å²) in [6.45, 7) is 0. The van der Waals surface area contributed by atoms with Crippen molar-refractivity contribution in [1.29, 1.82) is 0 Å². The lowest BCUT2D eigenvalue weighted by Crippen LogP contribution is -2.14. The average Bonchev–Trinajstić information content (AvgIpc) is 2.41. The van der Waals surface area contributed by atoms with Crippen LogP contribution in [0.15, 0.2) is 48.5 Å². The molecule has 0 aliphatic heterocycles. The lowest BCUT2D eigenvalue weighted by Gasteiger charge is -2.07. The summed E-state index contributed by atoms with van der Waals surface area (Å²) in [6, 6.07) is 13.3. The summed E-state index contributed by atoms with van der Waals surface area (Å²) in [5, 5.41) is 21.1. The summed E-state index contributed by atoms with van der Waals surface area (Å²) < 4.78 is 0. The number of hydrogen-bond donors (Lipinski definition) is 3. The number of carbonyl (C=O) groups is 2. The second-order valence-electron chi connectivity index (χ2n) is 4.62. The lowest BCUT2D eigenvalue weighted by atomic mass is 10.1. The third-order valence-corrected chi connectivity index (χ3v) is 2.91. The molecule has 2 aromatic rings. The fourth-order valence-corrected chi connectivity index (χ4v) is 1.97. The van der Waals surface area contributed by atoms with E-state index in [2.05, 4.69) is 5.32 Å². The minimum Gasteiger partial charge on any atom is -0.508 e. The van der Waals surface area contributed by atoms with Crippen LogP contribution in [-0.2, 0) is 22.4 Å². The zero-order valence-electron chi connectivity index (χ0n) is 11.2. The zero-order valence-corrected chi connectivity index (χ0v) is 11.2. The Balaban J connectivity index is 2.03. The number of phenolic OH excluding ortho intramolecular Hbond substituents is 1. The summed E-state index contributed by atoms with van der Waals surface area (Å²) in [4.78, 5) is 22.6. The summed E-state index contributed by atoms with van der Waals surface area (Å²) in [7, 11) is 0. The topological polar surface area (TPSA) is 86.6 Å². The lowest BCUT2D eigenvalue weighted by molar-refractivity contribution is -0.136. The third kappa shape index (κ3) is 4.35. The molecule has 0 fully saturated rings. The molecule has 0 aliphatic rings. The van der Waals surface area contributed by atoms with Crippen molar-refractivity contribution < 1.29 is 19.8 Å². The predicted octanol–water partition coefficient (Wildman–Crippen LogP) is 2.20. The van der Waals surface area contributed by atoms with E-state index in [1.54, 1.807) is 42.5 Å². The highest BCUT2D eigenvalue weighted by atomic mass is 16.4. The molecule has 0 aromatic heterocycles. The van der Waals surface area contributed by atoms with Crippen LogP contribution in [0.5, 0.6) is 5.75 Å². The Labute approximate surface area is 121 Å². The van der Waals surface area contributed by atoms with E-state index in [-0.39, 0.29) is 24.5 Å². The van der Waals surface area contributed by atoms with E-state index >= 15 is 0 Å². The predicted molar refractivity (Wildman–Crippen MR) is 78.2 cm³/mol. The van der Waals surface area contributed by atoms with Crippen molar-refractivity contribution in [3.63, 3.8) is 0 Å². The summed E-state index contributed by atoms with van der Waals surface area (Å²) in [5.74, 6) is -1.12. The van der Waals surface area contributed by atoms with E-state index in [4.69, 9.17) is 5.11 Å². The van der Waals surface area contributed by atoms with E-state index < -0.39 is 5.97 Å². The van der Waals surface area contributed by atoms with Gasteiger partial charge in [0.2, 0.25) is 5.91 Å². The number of anilines is 1. The number of hydrogen-bond acceptors (Lipinski definition) is 3. The van der Waals surface area contributed by atoms with Crippen molar-refractivity contribution in [3.05, 3.63) is 59.7 Å². The number of nitrogens with one attached hydrogen (secondary N) is 1. The summed E-state index contributed by atoms with van der Waals surface area (Å²) in [6.07, 6.45) is -0.0426. The molecule has 5 heteroatoms. The quantitative estimate of drug-likeness (QED) is 0.786. The van der Waals surface area contributed by atoms with Gasteiger partial charge < -0.3 is 15.5 Å². The van der Waals surface area contributed by atoms with Crippen LogP contribution in [0.25, 0.3) is 0 Å². The first kappa shape index (κ1) is 14.6. The van der Waals surface area contributed by atoms with Gasteiger partial charge in [0, 0.05) is 11.3 Å². The molecule has 0 radical (unpaired) electrons. The molecule has 108 valence electrons. The first-order valence-electron chi connectivity index (χ1n) is 6.42. The first-order chi connectivity index (χ1) is 10.0. The van der Waals surface area contributed by atoms with E-state index in [9.17, 15) is 14.7 Å². The van der Waals surface area contributed by atoms with Gasteiger partial charge in [-0.2, -0.15) is 0 Å². The molecule has 0 unspecified atom stereocenters. The molecule has 5 nitrogen and oxygen atoms in total. The van der Waals surface area contributed by atoms with Crippen molar-refractivity contribution in [2.75, 3.05) is 5.32 Å². The molecule has 0 saturated carbocycles. The molecule has 0 atom stereocenters. The molecule has 0 heterocycles. The minimum atomic E-state index is -0.923. The highest BCUT2D eigenvalue weighted by Crippen LogP contribution is 2.17. The van der Waals surface area contributed by atoms with Gasteiger partial charge in [0.25, 0.3) is 0 Å². The fraction of sp³-hybridized carbons (Fsp3) is 0.125. The Morgan fingerprint density at radius 3 is 2.48 bits per heavy atom. The van der Waals surface area contributed by atoms with Crippen LogP contribution in [0.3, 0.4) is 0 Å². The molecule has 2 rings (SSSR count). The maximum Gasteiger partial charge on any atom is 0.307 e. The van der Waals surface area contributed by atoms with Gasteiger partial charge in [-0.15, -0.1) is 0 Å². The number of carbonyl (C=O) groups excluding carboxylic acids is 1. The number of amides is 1. The average molecular weight is 285 g/mol. The Kier molecular flexibility index (Phi) is 4.56. The van der Waals surface area contributed by atoms with Crippen molar-refractivity contribution in [2.24, 2.45) is 0 Å². The Morgan fingerprint density at radius 2 is 1.76 bits per heavy atom. The minimum absolute atomic E-state index is 0.0514. The van der Waals surface area contributed by atoms with Gasteiger partial charge in [0.1, 0.15) is 5.75 Å². The van der Waals surface area contributed by atoms with Crippen molar-refractivity contribution in [3.8, 4) is 5.75 Å². The van der Waals surface area contributed by atoms with Gasteiger partial charge in [0.05, 0.1) is 12.8 Å². The van der Waals surface area contributed by atoms with Crippen molar-refractivity contribution in [1.82, 2.24) is 0 Å². The third-order valence-electron chi connectivity index (χ3n) is 2.91. The van der Waals surface area contributed by atoms with E-state index in [0.29, 0.717) is 16.8 Å². The normalized spacial score (nSPS) is 10.1. The van der Waals surface area contributed by atoms with Crippen LogP contribution in [0.4, 0.5) is 5.69 Å². The van der Waals surface area contributed by atoms with Crippen LogP contribution < -0.4 is 5.32 Å². The van der Waals surface area contributed by atoms with Gasteiger partial charge >= 0.3 is 5.97 Å². The zero-order chi connectivity index (χ0) is 15.2. The molecule has 2 aromatic carbocycles. The van der Waals surface area contributed by atoms with Crippen LogP contribution >= 0.6 is 0 Å². The number of carboxylic acids is 1. The number of phenols is 1. The molecule has 0 aliphatic carbocycles. The second-order valence-corrected chi connectivity index (χ2v) is 4.62. The van der Waals surface area contributed by atoms with Crippen LogP contribution in [0.1, 0.15) is 11.1 Å². The van der Waals surface area contributed by atoms with Crippen LogP contribution in [0, 0.1) is 0 Å². The van der Waals surface area contributed by atoms with Crippen LogP contribution in [-0.4, -0.2) is 22.1 Å². The molecule has 0 spiro atoms. The van der Waals surface area contributed by atoms with Gasteiger partial charge in [-0.1, -0.05) is 30.3 Å². The Hall–Kier alpha value is -2.82. The fourth-order valence-electron chi connectivity index (χ4n) is 1.97. The smallest absolute Gasteiger partial charge is 0.307 e. The van der Waals surface area contributed by atoms with E-state index in [1.807, 2.05) is 0 Å². The van der Waals surface area contributed by atoms with E-state index in [1.165, 1.54) is 6.07 Å². The molecular formula is C16H15NO4. The number of aliphatic carboxylic acids is 1. The SMILES string of the molecule is O=C(O)Cc1cccc(NC(=O)Cc2ccccc2O)c1. The molecule has 21 heavy (non-hydrogen) atoms. The molecule has 0 saturated heterocycles. The van der Waals surface area contributed by atoms with Gasteiger partial charge in [-0.05, 0) is 23.8 Å². The molecule has 1 amide bonds. The number of rotatable bonds is 5. The highest BCUT2D eigenvalue weighted by molar-refractivity contribution is 5.92. The monoisotopic (exact) mass is 285 g/mol. The molecule has 0 bridgehead atoms. The van der Waals surface area contributed by atoms with Crippen molar-refractivity contribution >= 4 is 17.6 Å². The maximum atomic E-state index is 11.9. The maximum absolute atomic E-state index is 11.9. The largest absolute Gasteiger partial charge is 0.508 e. The van der Waals surface area contributed by atoms with Crippen molar-refractivity contribution in [2.45, 2.75) is 12.8 Å². The Bertz CT molecular complexity index is 667. The Morgan fingerprint density at radius 1 is 1.00 bits per heavy atom.